The highest BCUT2D eigenvalue weighted by Crippen LogP contribution is 2.41. The van der Waals surface area contributed by atoms with Crippen molar-refractivity contribution in [2.24, 2.45) is 11.8 Å². The molecule has 0 bridgehead atoms. The molecule has 0 aliphatic carbocycles. The molecule has 2 unspecified atom stereocenters. The predicted molar refractivity (Wildman–Crippen MR) is 215 cm³/mol. The molecule has 284 valence electrons. The molecule has 1 amide bonds. The normalized spacial score (nSPS) is 13.0. The minimum atomic E-state index is 0.220. The maximum atomic E-state index is 14.1. The number of thiophene rings is 1. The van der Waals surface area contributed by atoms with Crippen LogP contribution < -0.4 is 24.3 Å². The molecular formula is C41H60N6O4S. The van der Waals surface area contributed by atoms with Gasteiger partial charge in [0, 0.05) is 30.6 Å². The number of unbranched alkanes of at least 4 members (excludes halogenated alkanes) is 2. The third-order valence-electron chi connectivity index (χ3n) is 9.99. The molecule has 0 fully saturated rings. The third-order valence-corrected chi connectivity index (χ3v) is 11.1. The number of carbonyl (C=O) groups is 1. The van der Waals surface area contributed by atoms with Crippen molar-refractivity contribution in [1.82, 2.24) is 24.7 Å². The SMILES string of the molecule is C=C(C)c1nn2c(-c3cc(OC)cc(OC)c3OC)nnc2/c1=C\c1ccc(N(CC)CC(=O)N(CC(CC)CCCC)CC(CC)CCCC)s1. The van der Waals surface area contributed by atoms with E-state index in [0.29, 0.717) is 52.7 Å². The highest BCUT2D eigenvalue weighted by Gasteiger charge is 2.25. The highest BCUT2D eigenvalue weighted by molar-refractivity contribution is 7.16. The Morgan fingerprint density at radius 1 is 0.942 bits per heavy atom. The fourth-order valence-corrected chi connectivity index (χ4v) is 7.73. The Labute approximate surface area is 314 Å². The number of benzene rings is 1. The molecule has 4 rings (SSSR count). The number of carbonyl (C=O) groups excluding carboxylic acids is 1. The Kier molecular flexibility index (Phi) is 15.4. The van der Waals surface area contributed by atoms with E-state index in [2.05, 4.69) is 79.4 Å². The number of likely N-dealkylation sites (N-methyl/N-ethyl adjacent to an activating group) is 1. The van der Waals surface area contributed by atoms with Gasteiger partial charge in [0.2, 0.25) is 5.91 Å². The number of nitrogens with zero attached hydrogens (tertiary/aromatic N) is 6. The fourth-order valence-electron chi connectivity index (χ4n) is 6.72. The van der Waals surface area contributed by atoms with Gasteiger partial charge in [-0.3, -0.25) is 4.79 Å². The van der Waals surface area contributed by atoms with E-state index in [4.69, 9.17) is 19.3 Å². The molecule has 3 aromatic heterocycles. The molecule has 10 nitrogen and oxygen atoms in total. The number of hydrogen-bond donors (Lipinski definition) is 0. The van der Waals surface area contributed by atoms with Crippen molar-refractivity contribution >= 4 is 39.5 Å². The largest absolute Gasteiger partial charge is 0.497 e. The quantitative estimate of drug-likeness (QED) is 0.0794. The summed E-state index contributed by atoms with van der Waals surface area (Å²) in [4.78, 5) is 19.6. The van der Waals surface area contributed by atoms with E-state index in [9.17, 15) is 4.79 Å². The summed E-state index contributed by atoms with van der Waals surface area (Å²) in [6.07, 6.45) is 11.4. The first-order valence-electron chi connectivity index (χ1n) is 19.0. The summed E-state index contributed by atoms with van der Waals surface area (Å²) in [5.41, 5.74) is 2.79. The van der Waals surface area contributed by atoms with E-state index in [-0.39, 0.29) is 5.91 Å². The molecule has 11 heteroatoms. The number of ether oxygens (including phenoxy) is 3. The van der Waals surface area contributed by atoms with Crippen LogP contribution in [0.2, 0.25) is 0 Å². The Bertz CT molecular complexity index is 1800. The van der Waals surface area contributed by atoms with Gasteiger partial charge in [0.15, 0.2) is 23.0 Å². The number of hydrogen-bond acceptors (Lipinski definition) is 9. The molecule has 0 spiro atoms. The van der Waals surface area contributed by atoms with Crippen molar-refractivity contribution in [3.8, 4) is 28.6 Å². The van der Waals surface area contributed by atoms with Gasteiger partial charge in [-0.25, -0.2) is 0 Å². The van der Waals surface area contributed by atoms with E-state index < -0.39 is 0 Å². The van der Waals surface area contributed by atoms with Crippen molar-refractivity contribution in [3.05, 3.63) is 46.6 Å². The predicted octanol–water partition coefficient (Wildman–Crippen LogP) is 8.55. The van der Waals surface area contributed by atoms with Crippen LogP contribution in [0, 0.1) is 11.8 Å². The number of rotatable bonds is 22. The second-order valence-corrected chi connectivity index (χ2v) is 14.8. The number of anilines is 1. The van der Waals surface area contributed by atoms with Crippen LogP contribution in [0.5, 0.6) is 17.2 Å². The van der Waals surface area contributed by atoms with E-state index >= 15 is 0 Å². The van der Waals surface area contributed by atoms with Crippen LogP contribution in [0.3, 0.4) is 0 Å². The third kappa shape index (κ3) is 9.65. The number of fused-ring (bicyclic) bond motifs is 1. The Morgan fingerprint density at radius 2 is 1.62 bits per heavy atom. The molecule has 1 aromatic carbocycles. The smallest absolute Gasteiger partial charge is 0.242 e. The van der Waals surface area contributed by atoms with Gasteiger partial charge < -0.3 is 24.0 Å². The molecule has 3 heterocycles. The van der Waals surface area contributed by atoms with Crippen LogP contribution in [0.25, 0.3) is 28.7 Å². The van der Waals surface area contributed by atoms with Gasteiger partial charge in [0.05, 0.1) is 49.4 Å². The van der Waals surface area contributed by atoms with Gasteiger partial charge >= 0.3 is 0 Å². The number of allylic oxidation sites excluding steroid dienone is 1. The molecule has 0 aliphatic rings. The van der Waals surface area contributed by atoms with Crippen LogP contribution in [-0.4, -0.2) is 78.1 Å². The number of methoxy groups -OCH3 is 3. The van der Waals surface area contributed by atoms with Crippen LogP contribution in [0.4, 0.5) is 5.00 Å². The second-order valence-electron chi connectivity index (χ2n) is 13.7. The van der Waals surface area contributed by atoms with Crippen LogP contribution >= 0.6 is 11.3 Å². The van der Waals surface area contributed by atoms with Crippen LogP contribution in [0.1, 0.15) is 103 Å². The summed E-state index contributed by atoms with van der Waals surface area (Å²) >= 11 is 1.66. The summed E-state index contributed by atoms with van der Waals surface area (Å²) in [7, 11) is 4.78. The first-order valence-corrected chi connectivity index (χ1v) is 19.8. The van der Waals surface area contributed by atoms with E-state index in [0.717, 1.165) is 58.8 Å². The molecule has 0 aliphatic heterocycles. The fraction of sp³-hybridized carbons (Fsp3) is 0.561. The summed E-state index contributed by atoms with van der Waals surface area (Å²) < 4.78 is 18.6. The first kappa shape index (κ1) is 40.6. The van der Waals surface area contributed by atoms with Gasteiger partial charge in [-0.2, -0.15) is 9.61 Å². The molecule has 52 heavy (non-hydrogen) atoms. The minimum absolute atomic E-state index is 0.220. The maximum Gasteiger partial charge on any atom is 0.242 e. The molecule has 2 atom stereocenters. The lowest BCUT2D eigenvalue weighted by Crippen LogP contribution is -2.44. The van der Waals surface area contributed by atoms with Gasteiger partial charge in [-0.05, 0) is 68.4 Å². The zero-order valence-electron chi connectivity index (χ0n) is 33.0. The standard InChI is InChI=1S/C41H60N6O4S/c1-11-16-18-29(13-3)25-46(26-30(14-4)19-17-12-2)36(48)27-45(15-5)37-21-20-32(52-37)24-33-38(28(6)7)44-47-40(33)42-43-41(47)34-22-31(49-8)23-35(50-9)39(34)51-10/h20-24,29-30H,6,11-19,25-27H2,1-5,7-10H3/b33-24-. The van der Waals surface area contributed by atoms with Crippen molar-refractivity contribution < 1.29 is 19.0 Å². The average molecular weight is 733 g/mol. The summed E-state index contributed by atoms with van der Waals surface area (Å²) in [5, 5.41) is 15.9. The van der Waals surface area contributed by atoms with Crippen molar-refractivity contribution in [1.29, 1.82) is 0 Å². The van der Waals surface area contributed by atoms with Gasteiger partial charge in [-0.1, -0.05) is 72.8 Å². The molecule has 0 radical (unpaired) electrons. The summed E-state index contributed by atoms with van der Waals surface area (Å²) in [6.45, 7) is 20.1. The Balaban J connectivity index is 1.66. The van der Waals surface area contributed by atoms with Gasteiger partial charge in [0.25, 0.3) is 0 Å². The van der Waals surface area contributed by atoms with Crippen LogP contribution in [0.15, 0.2) is 30.8 Å². The van der Waals surface area contributed by atoms with E-state index in [1.54, 1.807) is 43.2 Å². The zero-order chi connectivity index (χ0) is 37.8. The van der Waals surface area contributed by atoms with Crippen molar-refractivity contribution in [3.63, 3.8) is 0 Å². The Morgan fingerprint density at radius 3 is 2.15 bits per heavy atom. The minimum Gasteiger partial charge on any atom is -0.497 e. The molecular weight excluding hydrogens is 673 g/mol. The number of amides is 1. The first-order chi connectivity index (χ1) is 25.2. The average Bonchev–Trinajstić information content (AvgIpc) is 3.89. The number of aromatic nitrogens is 4. The summed E-state index contributed by atoms with van der Waals surface area (Å²) in [6, 6.07) is 7.81. The summed E-state index contributed by atoms with van der Waals surface area (Å²) in [5.74, 6) is 3.41. The lowest BCUT2D eigenvalue weighted by molar-refractivity contribution is -0.131. The maximum absolute atomic E-state index is 14.1. The lowest BCUT2D eigenvalue weighted by atomic mass is 9.95. The molecule has 0 saturated heterocycles. The van der Waals surface area contributed by atoms with Crippen LogP contribution in [-0.2, 0) is 4.79 Å². The second kappa shape index (κ2) is 19.6. The zero-order valence-corrected chi connectivity index (χ0v) is 33.8. The monoisotopic (exact) mass is 732 g/mol. The van der Waals surface area contributed by atoms with Crippen molar-refractivity contribution in [2.45, 2.75) is 92.9 Å². The lowest BCUT2D eigenvalue weighted by Gasteiger charge is -2.33. The Hall–Kier alpha value is -4.12. The topological polar surface area (TPSA) is 94.3 Å². The molecule has 0 saturated carbocycles. The highest BCUT2D eigenvalue weighted by atomic mass is 32.1. The molecule has 0 N–H and O–H groups in total. The van der Waals surface area contributed by atoms with Gasteiger partial charge in [0.1, 0.15) is 5.75 Å². The van der Waals surface area contributed by atoms with Gasteiger partial charge in [-0.15, -0.1) is 21.5 Å². The van der Waals surface area contributed by atoms with Crippen molar-refractivity contribution in [2.75, 3.05) is 52.4 Å². The molecule has 4 aromatic rings. The van der Waals surface area contributed by atoms with E-state index in [1.807, 2.05) is 13.0 Å². The van der Waals surface area contributed by atoms with E-state index in [1.165, 1.54) is 38.5 Å².